The van der Waals surface area contributed by atoms with Crippen molar-refractivity contribution in [1.82, 2.24) is 19.1 Å². The Hall–Kier alpha value is -6.28. The molecule has 0 spiro atoms. The van der Waals surface area contributed by atoms with Crippen LogP contribution < -0.4 is 0 Å². The van der Waals surface area contributed by atoms with E-state index in [2.05, 4.69) is 120 Å². The summed E-state index contributed by atoms with van der Waals surface area (Å²) in [6.45, 7) is 15.7. The summed E-state index contributed by atoms with van der Waals surface area (Å²) in [5.74, 6) is 1.19. The number of aromatic nitrogens is 4. The zero-order valence-electron chi connectivity index (χ0n) is 30.6. The first-order valence-electron chi connectivity index (χ1n) is 18.0. The molecular formula is C45H40N6O2. The average Bonchev–Trinajstić information content (AvgIpc) is 3.91. The zero-order valence-corrected chi connectivity index (χ0v) is 30.6. The zero-order chi connectivity index (χ0) is 36.5. The lowest BCUT2D eigenvalue weighted by Crippen LogP contribution is -2.24. The summed E-state index contributed by atoms with van der Waals surface area (Å²) in [5, 5.41) is 3.48. The molecular weight excluding hydrogens is 657 g/mol. The standard InChI is InChI=1S/C45H40N6O2/c1-7-11-38-32(8-2)34-22-28(14-20-40(34)50(38)30-16-18-36(46-24-30)42-48-26-45(5,6)53-42)29-15-21-41-35(23-29)33-12-9-10-13-39(33)51(41)31-17-19-37(47-25-31)43-49-44(3,4)27-52-43/h7-25H,2,26-27H2,1,3-6H3/b11-7-. The smallest absolute Gasteiger partial charge is 0.236 e. The van der Waals surface area contributed by atoms with Gasteiger partial charge in [0, 0.05) is 21.7 Å². The van der Waals surface area contributed by atoms with Gasteiger partial charge in [-0.05, 0) is 106 Å². The largest absolute Gasteiger partial charge is 0.474 e. The van der Waals surface area contributed by atoms with Gasteiger partial charge in [0.25, 0.3) is 0 Å². The first kappa shape index (κ1) is 32.6. The van der Waals surface area contributed by atoms with E-state index < -0.39 is 0 Å². The van der Waals surface area contributed by atoms with Gasteiger partial charge in [-0.1, -0.05) is 49.1 Å². The van der Waals surface area contributed by atoms with Gasteiger partial charge in [0.05, 0.1) is 58.1 Å². The van der Waals surface area contributed by atoms with Gasteiger partial charge in [-0.25, -0.2) is 20.0 Å². The van der Waals surface area contributed by atoms with E-state index >= 15 is 0 Å². The molecule has 0 saturated heterocycles. The van der Waals surface area contributed by atoms with E-state index in [1.54, 1.807) is 0 Å². The molecule has 0 bridgehead atoms. The van der Waals surface area contributed by atoms with Crippen LogP contribution in [0.4, 0.5) is 0 Å². The van der Waals surface area contributed by atoms with Crippen LogP contribution >= 0.6 is 0 Å². The van der Waals surface area contributed by atoms with Crippen LogP contribution in [0.5, 0.6) is 0 Å². The van der Waals surface area contributed by atoms with E-state index in [4.69, 9.17) is 24.4 Å². The molecule has 262 valence electrons. The summed E-state index contributed by atoms with van der Waals surface area (Å²) in [4.78, 5) is 18.8. The first-order chi connectivity index (χ1) is 25.6. The van der Waals surface area contributed by atoms with Crippen LogP contribution in [0.1, 0.15) is 57.3 Å². The second-order valence-electron chi connectivity index (χ2n) is 15.0. The van der Waals surface area contributed by atoms with E-state index in [0.717, 1.165) is 67.1 Å². The Bertz CT molecular complexity index is 2690. The van der Waals surface area contributed by atoms with Crippen molar-refractivity contribution < 1.29 is 9.47 Å². The summed E-state index contributed by atoms with van der Waals surface area (Å²) < 4.78 is 16.4. The highest BCUT2D eigenvalue weighted by Gasteiger charge is 2.30. The lowest BCUT2D eigenvalue weighted by Gasteiger charge is -2.17. The van der Waals surface area contributed by atoms with Crippen LogP contribution in [0.2, 0.25) is 0 Å². The molecule has 0 fully saturated rings. The van der Waals surface area contributed by atoms with Gasteiger partial charge in [-0.3, -0.25) is 0 Å². The highest BCUT2D eigenvalue weighted by molar-refractivity contribution is 6.11. The quantitative estimate of drug-likeness (QED) is 0.166. The van der Waals surface area contributed by atoms with E-state index in [0.29, 0.717) is 24.9 Å². The maximum absolute atomic E-state index is 6.04. The van der Waals surface area contributed by atoms with E-state index in [-0.39, 0.29) is 11.1 Å². The summed E-state index contributed by atoms with van der Waals surface area (Å²) in [6, 6.07) is 30.1. The number of benzene rings is 3. The van der Waals surface area contributed by atoms with Crippen molar-refractivity contribution in [2.75, 3.05) is 13.2 Å². The summed E-state index contributed by atoms with van der Waals surface area (Å²) in [7, 11) is 0. The fourth-order valence-corrected chi connectivity index (χ4v) is 7.49. The van der Waals surface area contributed by atoms with Gasteiger partial charge in [0.15, 0.2) is 0 Å². The van der Waals surface area contributed by atoms with Crippen molar-refractivity contribution in [1.29, 1.82) is 0 Å². The molecule has 0 radical (unpaired) electrons. The molecule has 8 nitrogen and oxygen atoms in total. The number of para-hydroxylation sites is 1. The predicted molar refractivity (Wildman–Crippen MR) is 217 cm³/mol. The molecule has 6 heterocycles. The normalized spacial score (nSPS) is 16.3. The van der Waals surface area contributed by atoms with Gasteiger partial charge in [-0.2, -0.15) is 0 Å². The van der Waals surface area contributed by atoms with Crippen LogP contribution in [0.15, 0.2) is 120 Å². The number of aliphatic imine (C=N–C) groups is 2. The molecule has 3 aromatic carbocycles. The minimum Gasteiger partial charge on any atom is -0.474 e. The van der Waals surface area contributed by atoms with Crippen molar-refractivity contribution in [2.45, 2.75) is 45.8 Å². The minimum absolute atomic E-state index is 0.236. The Kier molecular flexibility index (Phi) is 7.48. The molecule has 0 unspecified atom stereocenters. The predicted octanol–water partition coefficient (Wildman–Crippen LogP) is 9.97. The Morgan fingerprint density at radius 3 is 1.96 bits per heavy atom. The van der Waals surface area contributed by atoms with Gasteiger partial charge >= 0.3 is 0 Å². The van der Waals surface area contributed by atoms with Crippen LogP contribution in [-0.2, 0) is 9.47 Å². The molecule has 0 amide bonds. The Morgan fingerprint density at radius 2 is 1.36 bits per heavy atom. The Morgan fingerprint density at radius 1 is 0.717 bits per heavy atom. The number of allylic oxidation sites excluding steroid dienone is 1. The van der Waals surface area contributed by atoms with Crippen LogP contribution in [0, 0.1) is 0 Å². The maximum Gasteiger partial charge on any atom is 0.236 e. The highest BCUT2D eigenvalue weighted by atomic mass is 16.5. The van der Waals surface area contributed by atoms with E-state index in [9.17, 15) is 0 Å². The molecule has 4 aromatic heterocycles. The third kappa shape index (κ3) is 5.53. The van der Waals surface area contributed by atoms with Gasteiger partial charge in [0.2, 0.25) is 11.8 Å². The van der Waals surface area contributed by atoms with Gasteiger partial charge in [0.1, 0.15) is 23.6 Å². The summed E-state index contributed by atoms with van der Waals surface area (Å²) in [5.41, 5.74) is 10.6. The molecule has 9 rings (SSSR count). The van der Waals surface area contributed by atoms with Crippen LogP contribution in [0.25, 0.3) is 67.4 Å². The fourth-order valence-electron chi connectivity index (χ4n) is 7.49. The molecule has 2 aliphatic heterocycles. The number of rotatable bonds is 7. The van der Waals surface area contributed by atoms with Crippen molar-refractivity contribution in [2.24, 2.45) is 9.98 Å². The second-order valence-corrected chi connectivity index (χ2v) is 15.0. The number of nitrogens with zero attached hydrogens (tertiary/aromatic N) is 6. The fraction of sp³-hybridized carbons (Fsp3) is 0.200. The van der Waals surface area contributed by atoms with Crippen molar-refractivity contribution in [3.63, 3.8) is 0 Å². The number of pyridine rings is 2. The third-order valence-corrected chi connectivity index (χ3v) is 9.97. The van der Waals surface area contributed by atoms with E-state index in [1.807, 2.05) is 51.4 Å². The maximum atomic E-state index is 6.04. The lowest BCUT2D eigenvalue weighted by atomic mass is 10.00. The minimum atomic E-state index is -0.313. The monoisotopic (exact) mass is 696 g/mol. The molecule has 8 heteroatoms. The van der Waals surface area contributed by atoms with Crippen molar-refractivity contribution in [3.05, 3.63) is 133 Å². The lowest BCUT2D eigenvalue weighted by molar-refractivity contribution is 0.131. The highest BCUT2D eigenvalue weighted by Crippen LogP contribution is 2.38. The molecule has 0 saturated carbocycles. The molecule has 2 aliphatic rings. The van der Waals surface area contributed by atoms with Crippen molar-refractivity contribution >= 4 is 56.7 Å². The molecule has 53 heavy (non-hydrogen) atoms. The molecule has 0 atom stereocenters. The van der Waals surface area contributed by atoms with Gasteiger partial charge < -0.3 is 18.6 Å². The number of ether oxygens (including phenoxy) is 2. The van der Waals surface area contributed by atoms with Crippen LogP contribution in [-0.4, -0.2) is 55.2 Å². The van der Waals surface area contributed by atoms with Crippen LogP contribution in [0.3, 0.4) is 0 Å². The number of fused-ring (bicyclic) bond motifs is 4. The second kappa shape index (κ2) is 12.2. The number of hydrogen-bond acceptors (Lipinski definition) is 6. The summed E-state index contributed by atoms with van der Waals surface area (Å²) in [6.07, 6.45) is 9.95. The number of hydrogen-bond donors (Lipinski definition) is 0. The SMILES string of the molecule is C=Cc1c(/C=C\C)n(-c2ccc(C3=NCC(C)(C)O3)nc2)c2ccc(-c3ccc4c(c3)c3ccccc3n4-c3ccc(C4=NC(C)(C)CO4)nc3)cc12. The van der Waals surface area contributed by atoms with E-state index in [1.165, 1.54) is 10.8 Å². The van der Waals surface area contributed by atoms with Crippen molar-refractivity contribution in [3.8, 4) is 22.5 Å². The molecule has 0 aliphatic carbocycles. The third-order valence-electron chi connectivity index (χ3n) is 9.97. The Labute approximate surface area is 308 Å². The Balaban J connectivity index is 1.12. The molecule has 7 aromatic rings. The first-order valence-corrected chi connectivity index (χ1v) is 18.0. The van der Waals surface area contributed by atoms with Gasteiger partial charge in [-0.15, -0.1) is 0 Å². The summed E-state index contributed by atoms with van der Waals surface area (Å²) >= 11 is 0. The average molecular weight is 697 g/mol. The topological polar surface area (TPSA) is 78.8 Å². The molecule has 0 N–H and O–H groups in total.